The SMILES string of the molecule is N.O=[N+](OC(Cl)Cl)OC(Cl)Cl. The number of rotatable bonds is 4. The summed E-state index contributed by atoms with van der Waals surface area (Å²) < 4.78 is 0. The van der Waals surface area contributed by atoms with Crippen molar-refractivity contribution in [2.45, 2.75) is 10.0 Å². The van der Waals surface area contributed by atoms with Gasteiger partial charge in [0.05, 0.1) is 0 Å². The maximum absolute atomic E-state index is 10.2. The lowest BCUT2D eigenvalue weighted by Gasteiger charge is -1.92. The molecule has 0 spiro atoms. The average Bonchev–Trinajstić information content (AvgIpc) is 1.58. The largest absolute Gasteiger partial charge is 0.483 e. The molecule has 0 aliphatic carbocycles. The van der Waals surface area contributed by atoms with Crippen molar-refractivity contribution >= 4 is 46.4 Å². The summed E-state index contributed by atoms with van der Waals surface area (Å²) in [7, 11) is 0. The molecule has 0 saturated heterocycles. The number of hydrogen-bond donors (Lipinski definition) is 1. The molecule has 3 N–H and O–H groups in total. The molecule has 0 aliphatic rings. The zero-order valence-electron chi connectivity index (χ0n) is 5.05. The van der Waals surface area contributed by atoms with Gasteiger partial charge in [0.2, 0.25) is 0 Å². The van der Waals surface area contributed by atoms with Gasteiger partial charge in [0.25, 0.3) is 0 Å². The van der Waals surface area contributed by atoms with Crippen LogP contribution >= 0.6 is 46.4 Å². The van der Waals surface area contributed by atoms with Crippen LogP contribution in [0.5, 0.6) is 0 Å². The lowest BCUT2D eigenvalue weighted by atomic mass is 11.6. The summed E-state index contributed by atoms with van der Waals surface area (Å²) in [6, 6.07) is 0. The maximum atomic E-state index is 10.2. The first-order valence-electron chi connectivity index (χ1n) is 1.89. The highest BCUT2D eigenvalue weighted by Gasteiger charge is 2.21. The second-order valence-electron chi connectivity index (χ2n) is 0.956. The fraction of sp³-hybridized carbons (Fsp3) is 1.00. The lowest BCUT2D eigenvalue weighted by Crippen LogP contribution is -2.14. The Labute approximate surface area is 82.5 Å². The lowest BCUT2D eigenvalue weighted by molar-refractivity contribution is -0.981. The molecule has 0 bridgehead atoms. The topological polar surface area (TPSA) is 73.5 Å². The Hall–Kier alpha value is 0.320. The highest BCUT2D eigenvalue weighted by Crippen LogP contribution is 2.08. The molecule has 0 atom stereocenters. The zero-order valence-corrected chi connectivity index (χ0v) is 8.07. The molecule has 0 amide bonds. The van der Waals surface area contributed by atoms with E-state index in [1.54, 1.807) is 0 Å². The molecule has 68 valence electrons. The first-order chi connectivity index (χ1) is 4.52. The van der Waals surface area contributed by atoms with Crippen LogP contribution in [0, 0.1) is 4.91 Å². The molecule has 9 heteroatoms. The predicted molar refractivity (Wildman–Crippen MR) is 41.8 cm³/mol. The van der Waals surface area contributed by atoms with E-state index in [1.165, 1.54) is 0 Å². The molecule has 0 aromatic heterocycles. The Morgan fingerprint density at radius 1 is 1.00 bits per heavy atom. The summed E-state index contributed by atoms with van der Waals surface area (Å²) in [6.07, 6.45) is 0. The minimum absolute atomic E-state index is 0. The van der Waals surface area contributed by atoms with Crippen molar-refractivity contribution < 1.29 is 14.8 Å². The van der Waals surface area contributed by atoms with Crippen LogP contribution in [-0.2, 0) is 9.68 Å². The van der Waals surface area contributed by atoms with Gasteiger partial charge in [0.1, 0.15) is 4.91 Å². The number of hydrogen-bond acceptors (Lipinski definition) is 4. The molecular weight excluding hydrogens is 242 g/mol. The molecule has 0 radical (unpaired) electrons. The van der Waals surface area contributed by atoms with Gasteiger partial charge in [0, 0.05) is 0 Å². The highest BCUT2D eigenvalue weighted by molar-refractivity contribution is 6.43. The number of halogens is 4. The molecule has 0 saturated carbocycles. The number of alkyl halides is 4. The van der Waals surface area contributed by atoms with E-state index in [-0.39, 0.29) is 11.2 Å². The van der Waals surface area contributed by atoms with Crippen LogP contribution < -0.4 is 6.15 Å². The van der Waals surface area contributed by atoms with E-state index >= 15 is 0 Å². The van der Waals surface area contributed by atoms with Crippen molar-refractivity contribution in [1.29, 1.82) is 0 Å². The third-order valence-corrected chi connectivity index (χ3v) is 0.650. The molecule has 5 nitrogen and oxygen atoms in total. The van der Waals surface area contributed by atoms with Gasteiger partial charge >= 0.3 is 15.1 Å². The van der Waals surface area contributed by atoms with Crippen LogP contribution in [0.2, 0.25) is 0 Å². The van der Waals surface area contributed by atoms with Gasteiger partial charge in [-0.15, -0.1) is 9.68 Å². The summed E-state index contributed by atoms with van der Waals surface area (Å²) in [6.45, 7) is 0. The van der Waals surface area contributed by atoms with Gasteiger partial charge < -0.3 is 6.15 Å². The van der Waals surface area contributed by atoms with Gasteiger partial charge in [-0.3, -0.25) is 0 Å². The second kappa shape index (κ2) is 7.00. The van der Waals surface area contributed by atoms with E-state index in [0.29, 0.717) is 0 Å². The monoisotopic (exact) mass is 245 g/mol. The predicted octanol–water partition coefficient (Wildman–Crippen LogP) is 2.31. The highest BCUT2D eigenvalue weighted by atomic mass is 35.5. The fourth-order valence-electron chi connectivity index (χ4n) is 0.155. The van der Waals surface area contributed by atoms with Crippen LogP contribution in [0.15, 0.2) is 0 Å². The smallest absolute Gasteiger partial charge is 0.344 e. The minimum atomic E-state index is -1.32. The molecule has 0 aromatic carbocycles. The van der Waals surface area contributed by atoms with Crippen molar-refractivity contribution in [1.82, 2.24) is 6.15 Å². The Bertz CT molecular complexity index is 108. The minimum Gasteiger partial charge on any atom is -0.344 e. The van der Waals surface area contributed by atoms with Crippen LogP contribution in [0.1, 0.15) is 0 Å². The molecule has 0 aliphatic heterocycles. The third-order valence-electron chi connectivity index (χ3n) is 0.331. The Morgan fingerprint density at radius 3 is 1.45 bits per heavy atom. The van der Waals surface area contributed by atoms with E-state index in [4.69, 9.17) is 46.4 Å². The van der Waals surface area contributed by atoms with Crippen LogP contribution in [-0.4, -0.2) is 15.1 Å². The van der Waals surface area contributed by atoms with Crippen molar-refractivity contribution in [3.05, 3.63) is 4.91 Å². The fourth-order valence-corrected chi connectivity index (χ4v) is 0.415. The first-order valence-corrected chi connectivity index (χ1v) is 3.64. The van der Waals surface area contributed by atoms with Crippen LogP contribution in [0.4, 0.5) is 0 Å². The summed E-state index contributed by atoms with van der Waals surface area (Å²) in [5, 5.41) is -3.01. The van der Waals surface area contributed by atoms with E-state index < -0.39 is 10.0 Å². The van der Waals surface area contributed by atoms with E-state index in [9.17, 15) is 4.91 Å². The normalized spacial score (nSPS) is 9.27. The summed E-state index contributed by atoms with van der Waals surface area (Å²) >= 11 is 20.0. The summed E-state index contributed by atoms with van der Waals surface area (Å²) in [4.78, 5) is 18.2. The molecule has 0 heterocycles. The van der Waals surface area contributed by atoms with E-state index in [1.807, 2.05) is 0 Å². The van der Waals surface area contributed by atoms with Crippen molar-refractivity contribution in [2.75, 3.05) is 0 Å². The van der Waals surface area contributed by atoms with E-state index in [0.717, 1.165) is 0 Å². The van der Waals surface area contributed by atoms with Gasteiger partial charge in [-0.1, -0.05) is 46.4 Å². The Balaban J connectivity index is 0. The maximum Gasteiger partial charge on any atom is 0.483 e. The summed E-state index contributed by atoms with van der Waals surface area (Å²) in [5.41, 5.74) is 0. The average molecular weight is 247 g/mol. The summed E-state index contributed by atoms with van der Waals surface area (Å²) in [5.74, 6) is 0. The third kappa shape index (κ3) is 10.3. The molecule has 0 aromatic rings. The van der Waals surface area contributed by atoms with Crippen LogP contribution in [0.3, 0.4) is 0 Å². The number of nitrogens with zero attached hydrogens (tertiary/aromatic N) is 1. The molecule has 0 fully saturated rings. The van der Waals surface area contributed by atoms with Crippen molar-refractivity contribution in [3.8, 4) is 0 Å². The van der Waals surface area contributed by atoms with E-state index in [2.05, 4.69) is 9.68 Å². The van der Waals surface area contributed by atoms with Gasteiger partial charge in [0.15, 0.2) is 0 Å². The van der Waals surface area contributed by atoms with Gasteiger partial charge in [-0.25, -0.2) is 0 Å². The van der Waals surface area contributed by atoms with Gasteiger partial charge in [-0.2, -0.15) is 0 Å². The first kappa shape index (κ1) is 13.9. The standard InChI is InChI=1S/C2H2Cl4NO3.H3N/c3-1(4)9-7(8)10-2(5)6;/h1-2H;1H3/q+1;. The molecule has 11 heavy (non-hydrogen) atoms. The molecular formula is C2H5Cl4N2O3+. The van der Waals surface area contributed by atoms with Crippen LogP contribution in [0.25, 0.3) is 0 Å². The van der Waals surface area contributed by atoms with Crippen molar-refractivity contribution in [2.24, 2.45) is 0 Å². The molecule has 0 rings (SSSR count). The Kier molecular flexibility index (Phi) is 8.83. The second-order valence-corrected chi connectivity index (χ2v) is 2.99. The molecule has 0 unspecified atom stereocenters. The van der Waals surface area contributed by atoms with Gasteiger partial charge in [-0.05, 0) is 0 Å². The Morgan fingerprint density at radius 2 is 1.27 bits per heavy atom. The zero-order chi connectivity index (χ0) is 8.15. The quantitative estimate of drug-likeness (QED) is 0.610. The van der Waals surface area contributed by atoms with Crippen molar-refractivity contribution in [3.63, 3.8) is 0 Å².